The highest BCUT2D eigenvalue weighted by Gasteiger charge is 1.77. The third-order valence-corrected chi connectivity index (χ3v) is 0. The van der Waals surface area contributed by atoms with E-state index in [4.69, 9.17) is 0 Å². The molecule has 0 aliphatic rings. The quantitative estimate of drug-likeness (QED) is 0.355. The average Bonchev–Trinajstić information content (AvgIpc) is 0.811. The maximum atomic E-state index is 10.8. The molecule has 0 saturated heterocycles. The molecule has 0 N–H and O–H groups in total. The normalized spacial score (nSPS) is 15.5. The topological polar surface area (TPSA) is 0 Å². The van der Waals surface area contributed by atoms with E-state index in [2.05, 4.69) is 23.1 Å². The van der Waals surface area contributed by atoms with Crippen molar-refractivity contribution < 1.29 is 4.20 Å². The monoisotopic (exact) mass is 140 g/mol. The van der Waals surface area contributed by atoms with Gasteiger partial charge < -0.3 is 0 Å². The molecule has 0 aliphatic heterocycles. The summed E-state index contributed by atoms with van der Waals surface area (Å²) in [6.45, 7) is -1.81. The van der Waals surface area contributed by atoms with Gasteiger partial charge in [0.05, 0.1) is 6.81 Å². The van der Waals surface area contributed by atoms with E-state index in [-0.39, 0.29) is 0 Å². The molecule has 4 heavy (non-hydrogen) atoms. The summed E-state index contributed by atoms with van der Waals surface area (Å²) in [7, 11) is 4.43. The SMILES string of the molecule is [B]P(F)Br. The summed E-state index contributed by atoms with van der Waals surface area (Å²) in [6.07, 6.45) is 0. The molecule has 0 fully saturated rings. The van der Waals surface area contributed by atoms with Gasteiger partial charge in [0.2, 0.25) is 0 Å². The second-order valence-electron chi connectivity index (χ2n) is 0.259. The van der Waals surface area contributed by atoms with E-state index in [0.29, 0.717) is 0 Å². The second kappa shape index (κ2) is 2.16. The van der Waals surface area contributed by atoms with Crippen molar-refractivity contribution in [2.24, 2.45) is 0 Å². The van der Waals surface area contributed by atoms with Crippen molar-refractivity contribution in [2.75, 3.05) is 0 Å². The van der Waals surface area contributed by atoms with Gasteiger partial charge >= 0.3 is 0 Å². The lowest BCUT2D eigenvalue weighted by Crippen LogP contribution is -1.29. The summed E-state index contributed by atoms with van der Waals surface area (Å²) in [5.74, 6) is 0. The van der Waals surface area contributed by atoms with Crippen molar-refractivity contribution in [3.8, 4) is 0 Å². The van der Waals surface area contributed by atoms with Gasteiger partial charge in [-0.1, -0.05) is 0 Å². The Morgan fingerprint density at radius 3 is 2.00 bits per heavy atom. The molecule has 0 aromatic rings. The molecular formula is BBrFP. The molecule has 2 radical (unpaired) electrons. The van der Waals surface area contributed by atoms with E-state index in [1.807, 2.05) is 0 Å². The van der Waals surface area contributed by atoms with Gasteiger partial charge in [-0.3, -0.25) is 0 Å². The van der Waals surface area contributed by atoms with Crippen molar-refractivity contribution in [1.82, 2.24) is 0 Å². The minimum atomic E-state index is -1.81. The number of rotatable bonds is 0. The zero-order valence-corrected chi connectivity index (χ0v) is 4.26. The highest BCUT2D eigenvalue weighted by molar-refractivity contribution is 9.41. The predicted octanol–water partition coefficient (Wildman–Crippen LogP) is 1.75. The molecule has 0 nitrogen and oxygen atoms in total. The average molecular weight is 141 g/mol. The second-order valence-corrected chi connectivity index (χ2v) is 2.81. The molecule has 0 spiro atoms. The first kappa shape index (κ1) is 4.90. The fourth-order valence-electron chi connectivity index (χ4n) is 0. The molecule has 0 saturated carbocycles. The molecule has 1 atom stereocenters. The molecule has 22 valence electrons. The third kappa shape index (κ3) is 12.9. The summed E-state index contributed by atoms with van der Waals surface area (Å²) in [5, 5.41) is 0. The van der Waals surface area contributed by atoms with Gasteiger partial charge in [-0.05, 0) is 15.5 Å². The molecular weight excluding hydrogens is 141 g/mol. The summed E-state index contributed by atoms with van der Waals surface area (Å²) < 4.78 is 10.8. The maximum Gasteiger partial charge on any atom is 0.171 e. The lowest BCUT2D eigenvalue weighted by atomic mass is 10.8. The van der Waals surface area contributed by atoms with Crippen LogP contribution in [0, 0.1) is 0 Å². The van der Waals surface area contributed by atoms with Crippen LogP contribution in [0.3, 0.4) is 0 Å². The smallest absolute Gasteiger partial charge is 0.171 e. The highest BCUT2D eigenvalue weighted by atomic mass is 79.9. The van der Waals surface area contributed by atoms with E-state index in [1.54, 1.807) is 0 Å². The van der Waals surface area contributed by atoms with Crippen molar-refractivity contribution in [3.63, 3.8) is 0 Å². The molecule has 0 bridgehead atoms. The Kier molecular flexibility index (Phi) is 2.65. The lowest BCUT2D eigenvalue weighted by Gasteiger charge is -1.71. The molecule has 4 heteroatoms. The lowest BCUT2D eigenvalue weighted by molar-refractivity contribution is 0.931. The Morgan fingerprint density at radius 1 is 2.00 bits per heavy atom. The number of hydrogen-bond donors (Lipinski definition) is 0. The Hall–Kier alpha value is 0.905. The largest absolute Gasteiger partial charge is 0.227 e. The van der Waals surface area contributed by atoms with Crippen LogP contribution in [0.15, 0.2) is 0 Å². The summed E-state index contributed by atoms with van der Waals surface area (Å²) in [4.78, 5) is 0. The zero-order chi connectivity index (χ0) is 3.58. The van der Waals surface area contributed by atoms with Crippen LogP contribution >= 0.6 is 22.3 Å². The van der Waals surface area contributed by atoms with E-state index in [1.165, 1.54) is 0 Å². The van der Waals surface area contributed by atoms with Gasteiger partial charge in [0.1, 0.15) is 0 Å². The predicted molar refractivity (Wildman–Crippen MR) is 22.7 cm³/mol. The Labute approximate surface area is 34.8 Å². The number of halogens is 2. The highest BCUT2D eigenvalue weighted by Crippen LogP contribution is 2.38. The first-order chi connectivity index (χ1) is 1.73. The minimum Gasteiger partial charge on any atom is -0.227 e. The number of hydrogen-bond acceptors (Lipinski definition) is 0. The minimum absolute atomic E-state index is 1.81. The van der Waals surface area contributed by atoms with Crippen LogP contribution in [-0.4, -0.2) is 7.57 Å². The zero-order valence-electron chi connectivity index (χ0n) is 1.78. The molecule has 0 heterocycles. The fraction of sp³-hybridized carbons (Fsp3) is 0. The van der Waals surface area contributed by atoms with Crippen LogP contribution in [0.2, 0.25) is 0 Å². The van der Waals surface area contributed by atoms with Crippen LogP contribution in [-0.2, 0) is 0 Å². The molecule has 1 unspecified atom stereocenters. The summed E-state index contributed by atoms with van der Waals surface area (Å²) in [5.41, 5.74) is 0. The van der Waals surface area contributed by atoms with Gasteiger partial charge in [0.15, 0.2) is 7.57 Å². The van der Waals surface area contributed by atoms with E-state index >= 15 is 0 Å². The van der Waals surface area contributed by atoms with E-state index < -0.39 is 6.81 Å². The fourth-order valence-corrected chi connectivity index (χ4v) is 0. The summed E-state index contributed by atoms with van der Waals surface area (Å²) >= 11 is 2.45. The molecule has 0 amide bonds. The maximum absolute atomic E-state index is 10.8. The molecule has 0 aromatic carbocycles. The van der Waals surface area contributed by atoms with Gasteiger partial charge in [0.25, 0.3) is 0 Å². The van der Waals surface area contributed by atoms with Crippen molar-refractivity contribution in [1.29, 1.82) is 0 Å². The third-order valence-electron chi connectivity index (χ3n) is 0. The first-order valence-electron chi connectivity index (χ1n) is 0.596. The van der Waals surface area contributed by atoms with Crippen LogP contribution in [0.5, 0.6) is 0 Å². The molecule has 0 aliphatic carbocycles. The van der Waals surface area contributed by atoms with Crippen molar-refractivity contribution in [2.45, 2.75) is 0 Å². The van der Waals surface area contributed by atoms with Crippen LogP contribution < -0.4 is 0 Å². The van der Waals surface area contributed by atoms with Crippen LogP contribution in [0.25, 0.3) is 0 Å². The van der Waals surface area contributed by atoms with Gasteiger partial charge in [-0.15, -0.1) is 0 Å². The first-order valence-corrected chi connectivity index (χ1v) is 3.92. The Morgan fingerprint density at radius 2 is 2.00 bits per heavy atom. The Balaban J connectivity index is 2.32. The van der Waals surface area contributed by atoms with Crippen LogP contribution in [0.4, 0.5) is 4.20 Å². The Bertz CT molecular complexity index is 12.8. The molecule has 0 rings (SSSR count). The van der Waals surface area contributed by atoms with Crippen molar-refractivity contribution in [3.05, 3.63) is 0 Å². The molecule has 0 aromatic heterocycles. The standard InChI is InChI=1S/BBrFP/c1-4(2)3. The summed E-state index contributed by atoms with van der Waals surface area (Å²) in [6, 6.07) is 0. The van der Waals surface area contributed by atoms with Gasteiger partial charge in [-0.2, -0.15) is 0 Å². The van der Waals surface area contributed by atoms with E-state index in [0.717, 1.165) is 0 Å². The van der Waals surface area contributed by atoms with Crippen LogP contribution in [0.1, 0.15) is 0 Å². The van der Waals surface area contributed by atoms with Gasteiger partial charge in [-0.25, -0.2) is 4.20 Å². The van der Waals surface area contributed by atoms with Gasteiger partial charge in [0, 0.05) is 0 Å². The van der Waals surface area contributed by atoms with E-state index in [9.17, 15) is 4.20 Å². The van der Waals surface area contributed by atoms with Crippen molar-refractivity contribution >= 4 is 29.9 Å².